The molecule has 0 atom stereocenters. The van der Waals surface area contributed by atoms with E-state index in [9.17, 15) is 14.4 Å². The highest BCUT2D eigenvalue weighted by molar-refractivity contribution is 6.09. The Balaban J connectivity index is 1.80. The summed E-state index contributed by atoms with van der Waals surface area (Å²) < 4.78 is 1.07. The maximum atomic E-state index is 12.4. The lowest BCUT2D eigenvalue weighted by Crippen LogP contribution is -2.24. The van der Waals surface area contributed by atoms with E-state index in [0.29, 0.717) is 16.9 Å². The summed E-state index contributed by atoms with van der Waals surface area (Å²) in [7, 11) is 1.46. The number of carbonyl (C=O) groups is 2. The van der Waals surface area contributed by atoms with Crippen molar-refractivity contribution in [2.75, 3.05) is 10.6 Å². The predicted molar refractivity (Wildman–Crippen MR) is 96.1 cm³/mol. The van der Waals surface area contributed by atoms with E-state index in [2.05, 4.69) is 20.7 Å². The topological polar surface area (TPSA) is 106 Å². The molecule has 3 aromatic rings. The molecule has 0 bridgehead atoms. The van der Waals surface area contributed by atoms with Crippen LogP contribution in [-0.4, -0.2) is 26.6 Å². The number of hydrogen-bond acceptors (Lipinski definition) is 5. The standard InChI is InChI=1S/C18H15N5O3/c1-23-16(24)9-8-15(22-23)18(26)21-14-7-3-2-6-13(14)20-17(25)12-5-4-10-19-11-12/h2-11H,1H3,(H,20,25)(H,21,26). The number of amides is 2. The van der Waals surface area contributed by atoms with Crippen LogP contribution in [0.2, 0.25) is 0 Å². The monoisotopic (exact) mass is 349 g/mol. The molecule has 0 radical (unpaired) electrons. The van der Waals surface area contributed by atoms with Crippen molar-refractivity contribution in [2.24, 2.45) is 7.05 Å². The fourth-order valence-corrected chi connectivity index (χ4v) is 2.20. The van der Waals surface area contributed by atoms with Crippen molar-refractivity contribution in [3.63, 3.8) is 0 Å². The van der Waals surface area contributed by atoms with Crippen LogP contribution in [0.3, 0.4) is 0 Å². The second-order valence-electron chi connectivity index (χ2n) is 5.38. The number of nitrogens with zero attached hydrogens (tertiary/aromatic N) is 3. The lowest BCUT2D eigenvalue weighted by molar-refractivity contribution is 0.101. The van der Waals surface area contributed by atoms with Crippen molar-refractivity contribution in [1.29, 1.82) is 0 Å². The first kappa shape index (κ1) is 17.0. The molecule has 0 aliphatic carbocycles. The van der Waals surface area contributed by atoms with Crippen molar-refractivity contribution >= 4 is 23.2 Å². The zero-order chi connectivity index (χ0) is 18.5. The summed E-state index contributed by atoms with van der Waals surface area (Å²) in [6.45, 7) is 0. The fraction of sp³-hybridized carbons (Fsp3) is 0.0556. The van der Waals surface area contributed by atoms with E-state index in [1.54, 1.807) is 42.6 Å². The summed E-state index contributed by atoms with van der Waals surface area (Å²) in [6, 6.07) is 12.7. The third kappa shape index (κ3) is 3.81. The minimum atomic E-state index is -0.497. The van der Waals surface area contributed by atoms with Gasteiger partial charge in [-0.1, -0.05) is 12.1 Å². The Morgan fingerprint density at radius 2 is 1.62 bits per heavy atom. The smallest absolute Gasteiger partial charge is 0.276 e. The zero-order valence-electron chi connectivity index (χ0n) is 13.8. The molecule has 2 aromatic heterocycles. The molecule has 130 valence electrons. The maximum absolute atomic E-state index is 12.4. The number of carbonyl (C=O) groups excluding carboxylic acids is 2. The number of aromatic nitrogens is 3. The van der Waals surface area contributed by atoms with Gasteiger partial charge in [-0.05, 0) is 30.3 Å². The molecule has 26 heavy (non-hydrogen) atoms. The van der Waals surface area contributed by atoms with Crippen molar-refractivity contribution in [1.82, 2.24) is 14.8 Å². The van der Waals surface area contributed by atoms with E-state index in [4.69, 9.17) is 0 Å². The summed E-state index contributed by atoms with van der Waals surface area (Å²) in [5.74, 6) is -0.844. The van der Waals surface area contributed by atoms with Gasteiger partial charge in [-0.2, -0.15) is 5.10 Å². The number of rotatable bonds is 4. The molecule has 0 saturated heterocycles. The van der Waals surface area contributed by atoms with Crippen molar-refractivity contribution < 1.29 is 9.59 Å². The van der Waals surface area contributed by atoms with Crippen LogP contribution in [-0.2, 0) is 7.05 Å². The molecule has 2 amide bonds. The second kappa shape index (κ2) is 7.39. The number of pyridine rings is 1. The number of hydrogen-bond donors (Lipinski definition) is 2. The minimum absolute atomic E-state index is 0.0838. The van der Waals surface area contributed by atoms with Gasteiger partial charge in [-0.25, -0.2) is 4.68 Å². The van der Waals surface area contributed by atoms with Crippen LogP contribution in [0.1, 0.15) is 20.8 Å². The lowest BCUT2D eigenvalue weighted by atomic mass is 10.2. The second-order valence-corrected chi connectivity index (χ2v) is 5.38. The molecule has 0 aliphatic heterocycles. The molecular formula is C18H15N5O3. The zero-order valence-corrected chi connectivity index (χ0v) is 13.8. The Labute approximate surface area is 148 Å². The average molecular weight is 349 g/mol. The van der Waals surface area contributed by atoms with E-state index in [-0.39, 0.29) is 17.2 Å². The van der Waals surface area contributed by atoms with Gasteiger partial charge in [0.2, 0.25) is 0 Å². The molecule has 8 heteroatoms. The molecule has 2 heterocycles. The van der Waals surface area contributed by atoms with E-state index in [0.717, 1.165) is 4.68 Å². The van der Waals surface area contributed by atoms with E-state index >= 15 is 0 Å². The van der Waals surface area contributed by atoms with Crippen molar-refractivity contribution in [2.45, 2.75) is 0 Å². The van der Waals surface area contributed by atoms with E-state index in [1.807, 2.05) is 0 Å². The highest BCUT2D eigenvalue weighted by Gasteiger charge is 2.13. The molecule has 3 rings (SSSR count). The van der Waals surface area contributed by atoms with Crippen LogP contribution in [0.15, 0.2) is 65.7 Å². The summed E-state index contributed by atoms with van der Waals surface area (Å²) in [4.78, 5) is 39.9. The van der Waals surface area contributed by atoms with Gasteiger partial charge in [-0.15, -0.1) is 0 Å². The average Bonchev–Trinajstić information content (AvgIpc) is 2.66. The number of anilines is 2. The van der Waals surface area contributed by atoms with Gasteiger partial charge in [-0.3, -0.25) is 19.4 Å². The first-order valence-electron chi connectivity index (χ1n) is 7.71. The highest BCUT2D eigenvalue weighted by Crippen LogP contribution is 2.22. The molecule has 1 aromatic carbocycles. The number of para-hydroxylation sites is 2. The predicted octanol–water partition coefficient (Wildman–Crippen LogP) is 1.68. The van der Waals surface area contributed by atoms with E-state index < -0.39 is 5.91 Å². The summed E-state index contributed by atoms with van der Waals surface area (Å²) in [6.07, 6.45) is 3.02. The van der Waals surface area contributed by atoms with Gasteiger partial charge in [0.15, 0.2) is 0 Å². The van der Waals surface area contributed by atoms with Gasteiger partial charge in [0.1, 0.15) is 5.69 Å². The molecule has 0 spiro atoms. The molecule has 0 aliphatic rings. The van der Waals surface area contributed by atoms with Crippen molar-refractivity contribution in [3.8, 4) is 0 Å². The largest absolute Gasteiger partial charge is 0.320 e. The lowest BCUT2D eigenvalue weighted by Gasteiger charge is -2.12. The van der Waals surface area contributed by atoms with Gasteiger partial charge < -0.3 is 10.6 Å². The Hall–Kier alpha value is -3.81. The Bertz CT molecular complexity index is 1010. The first-order chi connectivity index (χ1) is 12.5. The molecule has 0 fully saturated rings. The molecular weight excluding hydrogens is 334 g/mol. The highest BCUT2D eigenvalue weighted by atomic mass is 16.2. The first-order valence-corrected chi connectivity index (χ1v) is 7.71. The minimum Gasteiger partial charge on any atom is -0.320 e. The van der Waals surface area contributed by atoms with Gasteiger partial charge >= 0.3 is 0 Å². The van der Waals surface area contributed by atoms with Crippen LogP contribution in [0.5, 0.6) is 0 Å². The molecule has 0 unspecified atom stereocenters. The van der Waals surface area contributed by atoms with Crippen LogP contribution in [0, 0.1) is 0 Å². The summed E-state index contributed by atoms with van der Waals surface area (Å²) >= 11 is 0. The Kier molecular flexibility index (Phi) is 4.84. The fourth-order valence-electron chi connectivity index (χ4n) is 2.20. The van der Waals surface area contributed by atoms with Crippen LogP contribution in [0.25, 0.3) is 0 Å². The molecule has 0 saturated carbocycles. The third-order valence-corrected chi connectivity index (χ3v) is 3.54. The van der Waals surface area contributed by atoms with Crippen LogP contribution in [0.4, 0.5) is 11.4 Å². The summed E-state index contributed by atoms with van der Waals surface area (Å²) in [5.41, 5.74) is 1.00. The normalized spacial score (nSPS) is 10.2. The summed E-state index contributed by atoms with van der Waals surface area (Å²) in [5, 5.41) is 9.32. The van der Waals surface area contributed by atoms with Gasteiger partial charge in [0.25, 0.3) is 17.4 Å². The van der Waals surface area contributed by atoms with Gasteiger partial charge in [0, 0.05) is 25.5 Å². The maximum Gasteiger partial charge on any atom is 0.276 e. The Morgan fingerprint density at radius 1 is 0.923 bits per heavy atom. The number of nitrogens with one attached hydrogen (secondary N) is 2. The molecule has 2 N–H and O–H groups in total. The van der Waals surface area contributed by atoms with Crippen LogP contribution >= 0.6 is 0 Å². The SMILES string of the molecule is Cn1nc(C(=O)Nc2ccccc2NC(=O)c2cccnc2)ccc1=O. The Morgan fingerprint density at radius 3 is 2.23 bits per heavy atom. The van der Waals surface area contributed by atoms with Crippen LogP contribution < -0.4 is 16.2 Å². The molecule has 8 nitrogen and oxygen atoms in total. The quantitative estimate of drug-likeness (QED) is 0.745. The number of aryl methyl sites for hydroxylation is 1. The van der Waals surface area contributed by atoms with E-state index in [1.165, 1.54) is 25.4 Å². The number of benzene rings is 1. The van der Waals surface area contributed by atoms with Gasteiger partial charge in [0.05, 0.1) is 16.9 Å². The van der Waals surface area contributed by atoms with Crippen molar-refractivity contribution in [3.05, 3.63) is 82.5 Å². The third-order valence-electron chi connectivity index (χ3n) is 3.54.